The van der Waals surface area contributed by atoms with Crippen LogP contribution in [0.2, 0.25) is 0 Å². The van der Waals surface area contributed by atoms with Crippen molar-refractivity contribution in [2.45, 2.75) is 90.9 Å². The highest BCUT2D eigenvalue weighted by Crippen LogP contribution is 2.11. The van der Waals surface area contributed by atoms with Crippen LogP contribution in [-0.4, -0.2) is 31.4 Å². The maximum atomic E-state index is 11.9. The van der Waals surface area contributed by atoms with E-state index < -0.39 is 9.84 Å². The summed E-state index contributed by atoms with van der Waals surface area (Å²) in [4.78, 5) is 0. The zero-order valence-corrected chi connectivity index (χ0v) is 16.6. The van der Waals surface area contributed by atoms with Gasteiger partial charge in [-0.1, -0.05) is 78.1 Å². The molecule has 0 aromatic heterocycles. The molecule has 0 bridgehead atoms. The lowest BCUT2D eigenvalue weighted by Gasteiger charge is -2.05. The van der Waals surface area contributed by atoms with Gasteiger partial charge in [-0.2, -0.15) is 11.8 Å². The van der Waals surface area contributed by atoms with Crippen LogP contribution in [0.15, 0.2) is 0 Å². The summed E-state index contributed by atoms with van der Waals surface area (Å²) >= 11 is 1.82. The Kier molecular flexibility index (Phi) is 16.4. The number of thioether (sulfide) groups is 1. The Balaban J connectivity index is 3.37. The summed E-state index contributed by atoms with van der Waals surface area (Å²) in [7, 11) is -2.80. The topological polar surface area (TPSA) is 34.1 Å². The number of hydrogen-bond acceptors (Lipinski definition) is 3. The minimum absolute atomic E-state index is 0.377. The Morgan fingerprint density at radius 1 is 0.591 bits per heavy atom. The van der Waals surface area contributed by atoms with Crippen molar-refractivity contribution in [1.29, 1.82) is 0 Å². The second kappa shape index (κ2) is 16.2. The van der Waals surface area contributed by atoms with Crippen LogP contribution in [0.4, 0.5) is 0 Å². The fourth-order valence-electron chi connectivity index (χ4n) is 2.48. The molecular formula is C18H38O2S2. The van der Waals surface area contributed by atoms with E-state index in [4.69, 9.17) is 0 Å². The summed E-state index contributed by atoms with van der Waals surface area (Å²) in [6, 6.07) is 0. The van der Waals surface area contributed by atoms with Crippen molar-refractivity contribution in [3.8, 4) is 0 Å². The van der Waals surface area contributed by atoms with E-state index in [1.165, 1.54) is 64.2 Å². The normalized spacial score (nSPS) is 11.9. The van der Waals surface area contributed by atoms with Gasteiger partial charge in [-0.15, -0.1) is 0 Å². The standard InChI is InChI=1S/C18H38O2S2/c1-3-5-7-9-11-13-15-21-16-18-22(19,20)17-14-12-10-8-6-4-2/h3-18H2,1-2H3. The first-order valence-electron chi connectivity index (χ1n) is 9.40. The average Bonchev–Trinajstić information content (AvgIpc) is 2.49. The van der Waals surface area contributed by atoms with Crippen LogP contribution in [0.3, 0.4) is 0 Å². The highest BCUT2D eigenvalue weighted by atomic mass is 32.2. The molecule has 22 heavy (non-hydrogen) atoms. The van der Waals surface area contributed by atoms with Gasteiger partial charge in [0, 0.05) is 5.75 Å². The van der Waals surface area contributed by atoms with E-state index in [-0.39, 0.29) is 0 Å². The molecule has 0 radical (unpaired) electrons. The molecule has 0 aliphatic heterocycles. The van der Waals surface area contributed by atoms with Crippen molar-refractivity contribution in [2.24, 2.45) is 0 Å². The van der Waals surface area contributed by atoms with Crippen LogP contribution < -0.4 is 0 Å². The molecule has 2 nitrogen and oxygen atoms in total. The van der Waals surface area contributed by atoms with Crippen molar-refractivity contribution in [2.75, 3.05) is 23.0 Å². The summed E-state index contributed by atoms with van der Waals surface area (Å²) in [6.45, 7) is 4.44. The smallest absolute Gasteiger partial charge is 0.151 e. The Hall–Kier alpha value is 0.300. The predicted octanol–water partition coefficient (Wildman–Crippen LogP) is 5.86. The first-order chi connectivity index (χ1) is 10.6. The van der Waals surface area contributed by atoms with Crippen molar-refractivity contribution >= 4 is 21.6 Å². The lowest BCUT2D eigenvalue weighted by molar-refractivity contribution is 0.585. The Bertz CT molecular complexity index is 313. The summed E-state index contributed by atoms with van der Waals surface area (Å²) in [5.41, 5.74) is 0. The summed E-state index contributed by atoms with van der Waals surface area (Å²) < 4.78 is 23.8. The molecule has 0 aromatic rings. The predicted molar refractivity (Wildman–Crippen MR) is 103 cm³/mol. The number of sulfone groups is 1. The molecule has 0 saturated heterocycles. The van der Waals surface area contributed by atoms with Crippen molar-refractivity contribution in [1.82, 2.24) is 0 Å². The third-order valence-electron chi connectivity index (χ3n) is 3.99. The lowest BCUT2D eigenvalue weighted by Crippen LogP contribution is -2.13. The van der Waals surface area contributed by atoms with Crippen LogP contribution in [0.5, 0.6) is 0 Å². The summed E-state index contributed by atoms with van der Waals surface area (Å²) in [6.07, 6.45) is 14.8. The molecule has 0 fully saturated rings. The number of hydrogen-bond donors (Lipinski definition) is 0. The van der Waals surface area contributed by atoms with Gasteiger partial charge >= 0.3 is 0 Å². The highest BCUT2D eigenvalue weighted by molar-refractivity contribution is 8.00. The molecule has 0 atom stereocenters. The Morgan fingerprint density at radius 3 is 1.68 bits per heavy atom. The van der Waals surface area contributed by atoms with Gasteiger partial charge in [0.05, 0.1) is 11.5 Å². The van der Waals surface area contributed by atoms with Gasteiger partial charge < -0.3 is 0 Å². The monoisotopic (exact) mass is 350 g/mol. The SMILES string of the molecule is CCCCCCCCSCCS(=O)(=O)CCCCCCCC. The van der Waals surface area contributed by atoms with Gasteiger partial charge in [0.15, 0.2) is 9.84 Å². The summed E-state index contributed by atoms with van der Waals surface area (Å²) in [5, 5.41) is 0. The van der Waals surface area contributed by atoms with E-state index in [0.29, 0.717) is 11.5 Å². The van der Waals surface area contributed by atoms with E-state index in [9.17, 15) is 8.42 Å². The van der Waals surface area contributed by atoms with Crippen LogP contribution in [0, 0.1) is 0 Å². The molecule has 0 heterocycles. The second-order valence-electron chi connectivity index (χ2n) is 6.30. The number of unbranched alkanes of at least 4 members (excludes halogenated alkanes) is 10. The fraction of sp³-hybridized carbons (Fsp3) is 1.00. The molecule has 0 aromatic carbocycles. The molecule has 0 rings (SSSR count). The van der Waals surface area contributed by atoms with E-state index >= 15 is 0 Å². The third kappa shape index (κ3) is 16.7. The number of rotatable bonds is 17. The van der Waals surface area contributed by atoms with Gasteiger partial charge in [0.1, 0.15) is 0 Å². The molecule has 4 heteroatoms. The van der Waals surface area contributed by atoms with Crippen LogP contribution in [-0.2, 0) is 9.84 Å². The van der Waals surface area contributed by atoms with Crippen molar-refractivity contribution in [3.63, 3.8) is 0 Å². The zero-order valence-electron chi connectivity index (χ0n) is 14.9. The van der Waals surface area contributed by atoms with Gasteiger partial charge in [-0.05, 0) is 18.6 Å². The summed E-state index contributed by atoms with van der Waals surface area (Å²) in [5.74, 6) is 2.69. The third-order valence-corrected chi connectivity index (χ3v) is 7.06. The van der Waals surface area contributed by atoms with Gasteiger partial charge in [0.25, 0.3) is 0 Å². The average molecular weight is 351 g/mol. The minimum Gasteiger partial charge on any atom is -0.229 e. The molecule has 0 amide bonds. The minimum atomic E-state index is -2.80. The Morgan fingerprint density at radius 2 is 1.09 bits per heavy atom. The zero-order chi connectivity index (χ0) is 16.5. The molecule has 0 saturated carbocycles. The maximum Gasteiger partial charge on any atom is 0.151 e. The Labute approximate surface area is 144 Å². The molecular weight excluding hydrogens is 312 g/mol. The van der Waals surface area contributed by atoms with E-state index in [2.05, 4.69) is 13.8 Å². The molecule has 0 aliphatic rings. The largest absolute Gasteiger partial charge is 0.229 e. The lowest BCUT2D eigenvalue weighted by atomic mass is 10.1. The quantitative estimate of drug-likeness (QED) is 0.308. The maximum absolute atomic E-state index is 11.9. The molecule has 0 unspecified atom stereocenters. The van der Waals surface area contributed by atoms with Gasteiger partial charge in [-0.3, -0.25) is 0 Å². The van der Waals surface area contributed by atoms with Crippen LogP contribution >= 0.6 is 11.8 Å². The van der Waals surface area contributed by atoms with Crippen LogP contribution in [0.25, 0.3) is 0 Å². The molecule has 134 valence electrons. The van der Waals surface area contributed by atoms with E-state index in [1.54, 1.807) is 0 Å². The first kappa shape index (κ1) is 22.3. The van der Waals surface area contributed by atoms with E-state index in [0.717, 1.165) is 24.3 Å². The highest BCUT2D eigenvalue weighted by Gasteiger charge is 2.09. The van der Waals surface area contributed by atoms with Gasteiger partial charge in [-0.25, -0.2) is 8.42 Å². The molecule has 0 spiro atoms. The van der Waals surface area contributed by atoms with Crippen LogP contribution in [0.1, 0.15) is 90.9 Å². The molecule has 0 aliphatic carbocycles. The van der Waals surface area contributed by atoms with E-state index in [1.807, 2.05) is 11.8 Å². The molecule has 0 N–H and O–H groups in total. The van der Waals surface area contributed by atoms with Gasteiger partial charge in [0.2, 0.25) is 0 Å². The second-order valence-corrected chi connectivity index (χ2v) is 9.83. The first-order valence-corrected chi connectivity index (χ1v) is 12.4. The van der Waals surface area contributed by atoms with Crippen molar-refractivity contribution < 1.29 is 8.42 Å². The fourth-order valence-corrected chi connectivity index (χ4v) is 5.42. The van der Waals surface area contributed by atoms with Crippen molar-refractivity contribution in [3.05, 3.63) is 0 Å².